The summed E-state index contributed by atoms with van der Waals surface area (Å²) in [7, 11) is 0. The number of hydrogen-bond acceptors (Lipinski definition) is 5. The monoisotopic (exact) mass is 479 g/mol. The number of ketones is 1. The number of hydrogen-bond donors (Lipinski definition) is 0. The number of benzene rings is 2. The van der Waals surface area contributed by atoms with Gasteiger partial charge >= 0.3 is 0 Å². The standard InChI is InChI=1S/C24H22BrN3O3/c1-17(29)18-4-8-20(9-5-18)27-13-15-28(16-14-27)24(30)22-3-2-12-26-23(22)31-21-10-6-19(25)7-11-21/h2-12H,13-16H2,1H3. The van der Waals surface area contributed by atoms with E-state index in [2.05, 4.69) is 25.8 Å². The number of amides is 1. The van der Waals surface area contributed by atoms with Crippen molar-refractivity contribution >= 4 is 33.3 Å². The van der Waals surface area contributed by atoms with E-state index < -0.39 is 0 Å². The first kappa shape index (κ1) is 21.1. The summed E-state index contributed by atoms with van der Waals surface area (Å²) in [6, 6.07) is 18.5. The summed E-state index contributed by atoms with van der Waals surface area (Å²) in [6.07, 6.45) is 1.62. The topological polar surface area (TPSA) is 62.7 Å². The van der Waals surface area contributed by atoms with Gasteiger partial charge in [0.05, 0.1) is 0 Å². The largest absolute Gasteiger partial charge is 0.438 e. The van der Waals surface area contributed by atoms with Gasteiger partial charge in [-0.1, -0.05) is 15.9 Å². The van der Waals surface area contributed by atoms with Crippen LogP contribution in [-0.2, 0) is 0 Å². The molecule has 6 nitrogen and oxygen atoms in total. The molecular formula is C24H22BrN3O3. The molecule has 0 aliphatic carbocycles. The lowest BCUT2D eigenvalue weighted by Gasteiger charge is -2.36. The first-order valence-electron chi connectivity index (χ1n) is 10.0. The fourth-order valence-electron chi connectivity index (χ4n) is 3.49. The summed E-state index contributed by atoms with van der Waals surface area (Å²) in [4.78, 5) is 33.0. The Kier molecular flexibility index (Phi) is 6.32. The first-order chi connectivity index (χ1) is 15.0. The number of Topliss-reactive ketones (excluding diaryl/α,β-unsaturated/α-hetero) is 1. The van der Waals surface area contributed by atoms with Gasteiger partial charge in [-0.25, -0.2) is 4.98 Å². The number of carbonyl (C=O) groups is 2. The van der Waals surface area contributed by atoms with E-state index in [1.54, 1.807) is 25.3 Å². The maximum absolute atomic E-state index is 13.2. The maximum Gasteiger partial charge on any atom is 0.259 e. The van der Waals surface area contributed by atoms with Gasteiger partial charge < -0.3 is 14.5 Å². The molecule has 0 N–H and O–H groups in total. The number of ether oxygens (including phenoxy) is 1. The van der Waals surface area contributed by atoms with E-state index in [0.717, 1.165) is 10.2 Å². The Morgan fingerprint density at radius 3 is 2.26 bits per heavy atom. The molecule has 1 aliphatic rings. The average Bonchev–Trinajstić information content (AvgIpc) is 2.81. The van der Waals surface area contributed by atoms with Gasteiger partial charge in [0, 0.05) is 48.1 Å². The highest BCUT2D eigenvalue weighted by Crippen LogP contribution is 2.26. The second kappa shape index (κ2) is 9.31. The summed E-state index contributed by atoms with van der Waals surface area (Å²) in [6.45, 7) is 4.19. The molecule has 2 aromatic carbocycles. The van der Waals surface area contributed by atoms with Crippen molar-refractivity contribution < 1.29 is 14.3 Å². The molecule has 1 amide bonds. The zero-order valence-corrected chi connectivity index (χ0v) is 18.7. The van der Waals surface area contributed by atoms with Crippen molar-refractivity contribution in [1.29, 1.82) is 0 Å². The SMILES string of the molecule is CC(=O)c1ccc(N2CCN(C(=O)c3cccnc3Oc3ccc(Br)cc3)CC2)cc1. The van der Waals surface area contributed by atoms with E-state index in [1.807, 2.05) is 53.4 Å². The van der Waals surface area contributed by atoms with Gasteiger partial charge in [0.1, 0.15) is 11.3 Å². The minimum Gasteiger partial charge on any atom is -0.438 e. The van der Waals surface area contributed by atoms with E-state index in [0.29, 0.717) is 48.9 Å². The Morgan fingerprint density at radius 1 is 0.935 bits per heavy atom. The predicted octanol–water partition coefficient (Wildman–Crippen LogP) is 4.80. The molecule has 1 aromatic heterocycles. The van der Waals surface area contributed by atoms with Gasteiger partial charge in [0.15, 0.2) is 5.78 Å². The summed E-state index contributed by atoms with van der Waals surface area (Å²) in [5, 5.41) is 0. The molecule has 31 heavy (non-hydrogen) atoms. The summed E-state index contributed by atoms with van der Waals surface area (Å²) >= 11 is 3.40. The minimum atomic E-state index is -0.0909. The van der Waals surface area contributed by atoms with Crippen LogP contribution in [0.1, 0.15) is 27.6 Å². The molecule has 0 saturated carbocycles. The molecule has 3 aromatic rings. The van der Waals surface area contributed by atoms with Crippen LogP contribution in [0.2, 0.25) is 0 Å². The Hall–Kier alpha value is -3.19. The van der Waals surface area contributed by atoms with Gasteiger partial charge in [-0.3, -0.25) is 9.59 Å². The number of pyridine rings is 1. The van der Waals surface area contributed by atoms with Gasteiger partial charge in [-0.05, 0) is 67.6 Å². The molecule has 7 heteroatoms. The van der Waals surface area contributed by atoms with E-state index in [4.69, 9.17) is 4.74 Å². The zero-order valence-electron chi connectivity index (χ0n) is 17.1. The van der Waals surface area contributed by atoms with Gasteiger partial charge in [-0.15, -0.1) is 0 Å². The highest BCUT2D eigenvalue weighted by atomic mass is 79.9. The molecule has 158 valence electrons. The fourth-order valence-corrected chi connectivity index (χ4v) is 3.76. The average molecular weight is 480 g/mol. The van der Waals surface area contributed by atoms with Crippen molar-refractivity contribution in [2.24, 2.45) is 0 Å². The smallest absolute Gasteiger partial charge is 0.259 e. The van der Waals surface area contributed by atoms with E-state index in [1.165, 1.54) is 0 Å². The van der Waals surface area contributed by atoms with E-state index >= 15 is 0 Å². The minimum absolute atomic E-state index is 0.0552. The maximum atomic E-state index is 13.2. The Bertz CT molecular complexity index is 1080. The van der Waals surface area contributed by atoms with Crippen LogP contribution in [-0.4, -0.2) is 47.8 Å². The highest BCUT2D eigenvalue weighted by Gasteiger charge is 2.25. The van der Waals surface area contributed by atoms with Gasteiger partial charge in [0.2, 0.25) is 5.88 Å². The van der Waals surface area contributed by atoms with Crippen LogP contribution in [0.5, 0.6) is 11.6 Å². The van der Waals surface area contributed by atoms with Crippen LogP contribution in [0.15, 0.2) is 71.3 Å². The van der Waals surface area contributed by atoms with Crippen LogP contribution in [0.25, 0.3) is 0 Å². The van der Waals surface area contributed by atoms with Gasteiger partial charge in [-0.2, -0.15) is 0 Å². The lowest BCUT2D eigenvalue weighted by atomic mass is 10.1. The van der Waals surface area contributed by atoms with Crippen molar-refractivity contribution in [3.05, 3.63) is 82.5 Å². The first-order valence-corrected chi connectivity index (χ1v) is 10.8. The molecule has 4 rings (SSSR count). The van der Waals surface area contributed by atoms with Crippen molar-refractivity contribution in [3.63, 3.8) is 0 Å². The lowest BCUT2D eigenvalue weighted by Crippen LogP contribution is -2.48. The number of piperazine rings is 1. The summed E-state index contributed by atoms with van der Waals surface area (Å²) in [5.41, 5.74) is 2.20. The Labute approximate surface area is 189 Å². The lowest BCUT2D eigenvalue weighted by molar-refractivity contribution is 0.0743. The number of anilines is 1. The second-order valence-electron chi connectivity index (χ2n) is 7.29. The molecule has 0 bridgehead atoms. The molecule has 1 fully saturated rings. The summed E-state index contributed by atoms with van der Waals surface area (Å²) in [5.74, 6) is 0.887. The summed E-state index contributed by atoms with van der Waals surface area (Å²) < 4.78 is 6.83. The van der Waals surface area contributed by atoms with E-state index in [-0.39, 0.29) is 11.7 Å². The van der Waals surface area contributed by atoms with Crippen LogP contribution in [0, 0.1) is 0 Å². The number of carbonyl (C=O) groups excluding carboxylic acids is 2. The number of halogens is 1. The third kappa shape index (κ3) is 4.94. The molecule has 0 radical (unpaired) electrons. The number of aromatic nitrogens is 1. The van der Waals surface area contributed by atoms with Crippen molar-refractivity contribution in [1.82, 2.24) is 9.88 Å². The van der Waals surface area contributed by atoms with Crippen molar-refractivity contribution in [2.45, 2.75) is 6.92 Å². The van der Waals surface area contributed by atoms with Crippen molar-refractivity contribution in [2.75, 3.05) is 31.1 Å². The molecule has 0 unspecified atom stereocenters. The Morgan fingerprint density at radius 2 is 1.61 bits per heavy atom. The quantitative estimate of drug-likeness (QED) is 0.491. The zero-order chi connectivity index (χ0) is 21.8. The molecule has 2 heterocycles. The number of rotatable bonds is 5. The molecule has 1 saturated heterocycles. The molecule has 0 spiro atoms. The molecule has 1 aliphatic heterocycles. The highest BCUT2D eigenvalue weighted by molar-refractivity contribution is 9.10. The second-order valence-corrected chi connectivity index (χ2v) is 8.21. The van der Waals surface area contributed by atoms with E-state index in [9.17, 15) is 9.59 Å². The molecular weight excluding hydrogens is 458 g/mol. The fraction of sp³-hybridized carbons (Fsp3) is 0.208. The molecule has 0 atom stereocenters. The van der Waals surface area contributed by atoms with Crippen molar-refractivity contribution in [3.8, 4) is 11.6 Å². The van der Waals surface area contributed by atoms with Crippen LogP contribution >= 0.6 is 15.9 Å². The third-order valence-corrected chi connectivity index (χ3v) is 5.76. The normalized spacial score (nSPS) is 13.7. The number of nitrogens with zero attached hydrogens (tertiary/aromatic N) is 3. The van der Waals surface area contributed by atoms with Gasteiger partial charge in [0.25, 0.3) is 5.91 Å². The predicted molar refractivity (Wildman–Crippen MR) is 123 cm³/mol. The van der Waals surface area contributed by atoms with Crippen LogP contribution in [0.3, 0.4) is 0 Å². The van der Waals surface area contributed by atoms with Crippen LogP contribution < -0.4 is 9.64 Å². The Balaban J connectivity index is 1.43. The van der Waals surface area contributed by atoms with Crippen LogP contribution in [0.4, 0.5) is 5.69 Å². The third-order valence-electron chi connectivity index (χ3n) is 5.24.